The van der Waals surface area contributed by atoms with Crippen LogP contribution in [0.2, 0.25) is 5.02 Å². The number of nitrogens with two attached hydrogens (primary N) is 1. The van der Waals surface area contributed by atoms with Crippen LogP contribution in [0.5, 0.6) is 0 Å². The van der Waals surface area contributed by atoms with Crippen LogP contribution >= 0.6 is 27.5 Å². The second kappa shape index (κ2) is 6.05. The van der Waals surface area contributed by atoms with Crippen molar-refractivity contribution in [2.75, 3.05) is 0 Å². The van der Waals surface area contributed by atoms with Crippen molar-refractivity contribution in [1.82, 2.24) is 15.2 Å². The summed E-state index contributed by atoms with van der Waals surface area (Å²) in [7, 11) is 0. The topological polar surface area (TPSA) is 55.9 Å². The zero-order chi connectivity index (χ0) is 14.0. The number of aromatic nitrogens is 2. The highest BCUT2D eigenvalue weighted by Crippen LogP contribution is 2.30. The summed E-state index contributed by atoms with van der Waals surface area (Å²) in [6.07, 6.45) is 1.65. The Balaban J connectivity index is 2.51. The maximum atomic E-state index is 6.26. The van der Waals surface area contributed by atoms with Crippen LogP contribution in [-0.4, -0.2) is 9.78 Å². The van der Waals surface area contributed by atoms with Gasteiger partial charge in [0.15, 0.2) is 0 Å². The molecule has 0 saturated heterocycles. The van der Waals surface area contributed by atoms with E-state index in [2.05, 4.69) is 40.3 Å². The normalized spacial score (nSPS) is 12.9. The molecule has 3 N–H and O–H groups in total. The van der Waals surface area contributed by atoms with Crippen molar-refractivity contribution < 1.29 is 0 Å². The maximum Gasteiger partial charge on any atom is 0.0894 e. The highest BCUT2D eigenvalue weighted by Gasteiger charge is 2.22. The average Bonchev–Trinajstić information content (AvgIpc) is 2.73. The predicted molar refractivity (Wildman–Crippen MR) is 80.9 cm³/mol. The van der Waals surface area contributed by atoms with Crippen LogP contribution in [-0.2, 0) is 0 Å². The quantitative estimate of drug-likeness (QED) is 0.660. The van der Waals surface area contributed by atoms with E-state index < -0.39 is 0 Å². The molecule has 4 nitrogen and oxygen atoms in total. The molecule has 0 fully saturated rings. The fraction of sp³-hybridized carbons (Fsp3) is 0.308. The molecular formula is C13H16BrClN4. The Kier molecular flexibility index (Phi) is 4.62. The van der Waals surface area contributed by atoms with Crippen molar-refractivity contribution >= 4 is 27.5 Å². The molecule has 0 amide bonds. The lowest BCUT2D eigenvalue weighted by Gasteiger charge is -2.20. The van der Waals surface area contributed by atoms with Crippen LogP contribution < -0.4 is 11.3 Å². The van der Waals surface area contributed by atoms with Gasteiger partial charge in [-0.1, -0.05) is 39.7 Å². The Morgan fingerprint density at radius 3 is 2.74 bits per heavy atom. The monoisotopic (exact) mass is 342 g/mol. The lowest BCUT2D eigenvalue weighted by atomic mass is 10.0. The van der Waals surface area contributed by atoms with Crippen molar-refractivity contribution in [3.8, 4) is 0 Å². The van der Waals surface area contributed by atoms with E-state index in [1.165, 1.54) is 0 Å². The number of hydrogen-bond acceptors (Lipinski definition) is 3. The van der Waals surface area contributed by atoms with E-state index in [0.29, 0.717) is 5.02 Å². The molecule has 1 unspecified atom stereocenters. The van der Waals surface area contributed by atoms with Gasteiger partial charge in [0.05, 0.1) is 23.0 Å². The van der Waals surface area contributed by atoms with Gasteiger partial charge in [0, 0.05) is 10.5 Å². The minimum atomic E-state index is -0.199. The first kappa shape index (κ1) is 14.5. The van der Waals surface area contributed by atoms with Gasteiger partial charge in [-0.2, -0.15) is 5.10 Å². The van der Waals surface area contributed by atoms with Crippen molar-refractivity contribution in [3.63, 3.8) is 0 Å². The van der Waals surface area contributed by atoms with Gasteiger partial charge in [0.2, 0.25) is 0 Å². The lowest BCUT2D eigenvalue weighted by Crippen LogP contribution is -2.31. The average molecular weight is 344 g/mol. The van der Waals surface area contributed by atoms with E-state index in [9.17, 15) is 0 Å². The molecule has 2 aromatic rings. The van der Waals surface area contributed by atoms with Gasteiger partial charge in [-0.05, 0) is 31.5 Å². The molecule has 6 heteroatoms. The summed E-state index contributed by atoms with van der Waals surface area (Å²) >= 11 is 9.73. The summed E-state index contributed by atoms with van der Waals surface area (Å²) in [5.74, 6) is 5.72. The van der Waals surface area contributed by atoms with Crippen LogP contribution in [0.1, 0.15) is 37.2 Å². The third-order valence-electron chi connectivity index (χ3n) is 2.90. The molecule has 1 atom stereocenters. The summed E-state index contributed by atoms with van der Waals surface area (Å²) in [6.45, 7) is 4.11. The molecule has 0 saturated carbocycles. The van der Waals surface area contributed by atoms with Crippen LogP contribution in [0.15, 0.2) is 34.9 Å². The highest BCUT2D eigenvalue weighted by atomic mass is 79.9. The van der Waals surface area contributed by atoms with Crippen molar-refractivity contribution in [2.45, 2.75) is 25.9 Å². The first-order valence-corrected chi connectivity index (χ1v) is 7.16. The third kappa shape index (κ3) is 3.00. The Morgan fingerprint density at radius 1 is 1.42 bits per heavy atom. The van der Waals surface area contributed by atoms with E-state index in [1.807, 2.05) is 28.9 Å². The number of hydrazine groups is 1. The summed E-state index contributed by atoms with van der Waals surface area (Å²) in [6, 6.07) is 7.97. The molecule has 0 spiro atoms. The van der Waals surface area contributed by atoms with E-state index >= 15 is 0 Å². The number of halogens is 2. The van der Waals surface area contributed by atoms with E-state index in [-0.39, 0.29) is 12.1 Å². The van der Waals surface area contributed by atoms with Crippen LogP contribution in [0.4, 0.5) is 0 Å². The fourth-order valence-corrected chi connectivity index (χ4v) is 2.71. The molecule has 0 aliphatic rings. The lowest BCUT2D eigenvalue weighted by molar-refractivity contribution is 0.476. The number of nitrogens with zero attached hydrogens (tertiary/aromatic N) is 2. The van der Waals surface area contributed by atoms with Crippen molar-refractivity contribution in [2.24, 2.45) is 5.84 Å². The molecular weight excluding hydrogens is 328 g/mol. The summed E-state index contributed by atoms with van der Waals surface area (Å²) in [4.78, 5) is 0. The molecule has 19 heavy (non-hydrogen) atoms. The first-order valence-electron chi connectivity index (χ1n) is 5.99. The second-order valence-electron chi connectivity index (χ2n) is 4.57. The van der Waals surface area contributed by atoms with Gasteiger partial charge in [0.25, 0.3) is 0 Å². The van der Waals surface area contributed by atoms with Gasteiger partial charge >= 0.3 is 0 Å². The molecule has 1 heterocycles. The van der Waals surface area contributed by atoms with Crippen LogP contribution in [0.25, 0.3) is 0 Å². The number of hydrogen-bond donors (Lipinski definition) is 2. The van der Waals surface area contributed by atoms with Gasteiger partial charge in [0.1, 0.15) is 0 Å². The number of nitrogens with one attached hydrogen (secondary N) is 1. The minimum absolute atomic E-state index is 0.199. The van der Waals surface area contributed by atoms with Gasteiger partial charge in [-0.25, -0.2) is 5.43 Å². The Labute approximate surface area is 126 Å². The van der Waals surface area contributed by atoms with Crippen LogP contribution in [0, 0.1) is 0 Å². The molecule has 0 bridgehead atoms. The standard InChI is InChI=1S/C13H16BrClN4/c1-8(2)19-13(11(15)7-17-19)12(18-16)9-4-3-5-10(14)6-9/h3-8,12,18H,16H2,1-2H3. The Hall–Kier alpha value is -0.880. The van der Waals surface area contributed by atoms with Gasteiger partial charge < -0.3 is 0 Å². The molecule has 1 aromatic heterocycles. The second-order valence-corrected chi connectivity index (χ2v) is 5.89. The van der Waals surface area contributed by atoms with Crippen LogP contribution in [0.3, 0.4) is 0 Å². The molecule has 1 aromatic carbocycles. The van der Waals surface area contributed by atoms with E-state index in [1.54, 1.807) is 6.20 Å². The third-order valence-corrected chi connectivity index (χ3v) is 3.68. The number of benzene rings is 1. The zero-order valence-corrected chi connectivity index (χ0v) is 13.1. The molecule has 102 valence electrons. The minimum Gasteiger partial charge on any atom is -0.271 e. The SMILES string of the molecule is CC(C)n1ncc(Cl)c1C(NN)c1cccc(Br)c1. The molecule has 0 aliphatic carbocycles. The van der Waals surface area contributed by atoms with E-state index in [4.69, 9.17) is 17.4 Å². The molecule has 0 aliphatic heterocycles. The summed E-state index contributed by atoms with van der Waals surface area (Å²) < 4.78 is 2.88. The highest BCUT2D eigenvalue weighted by molar-refractivity contribution is 9.10. The summed E-state index contributed by atoms with van der Waals surface area (Å²) in [5.41, 5.74) is 4.72. The molecule has 0 radical (unpaired) electrons. The van der Waals surface area contributed by atoms with Gasteiger partial charge in [-0.15, -0.1) is 0 Å². The molecule has 2 rings (SSSR count). The Bertz CT molecular complexity index is 568. The Morgan fingerprint density at radius 2 is 2.16 bits per heavy atom. The smallest absolute Gasteiger partial charge is 0.0894 e. The summed E-state index contributed by atoms with van der Waals surface area (Å²) in [5, 5.41) is 4.92. The van der Waals surface area contributed by atoms with Crippen molar-refractivity contribution in [1.29, 1.82) is 0 Å². The fourth-order valence-electron chi connectivity index (χ4n) is 2.05. The maximum absolute atomic E-state index is 6.26. The largest absolute Gasteiger partial charge is 0.271 e. The van der Waals surface area contributed by atoms with Crippen molar-refractivity contribution in [3.05, 3.63) is 51.2 Å². The zero-order valence-electron chi connectivity index (χ0n) is 10.8. The van der Waals surface area contributed by atoms with Gasteiger partial charge in [-0.3, -0.25) is 10.5 Å². The van der Waals surface area contributed by atoms with E-state index in [0.717, 1.165) is 15.7 Å². The predicted octanol–water partition coefficient (Wildman–Crippen LogP) is 3.43. The first-order chi connectivity index (χ1) is 9.04. The number of rotatable bonds is 4.